The Balaban J connectivity index is 3.25. The maximum atomic E-state index is 13.4. The second-order valence-electron chi connectivity index (χ2n) is 3.48. The molecular weight excluding hydrogens is 203 g/mol. The second kappa shape index (κ2) is 4.26. The summed E-state index contributed by atoms with van der Waals surface area (Å²) in [5.74, 6) is -0.398. The standard InChI is InChI=1S/C10H14ClFN2/c1-5-3-4-7(12)8(9(5)11)10(14)6(2)13/h3-4,6,10H,13-14H2,1-2H3. The highest BCUT2D eigenvalue weighted by molar-refractivity contribution is 6.32. The molecule has 0 saturated heterocycles. The summed E-state index contributed by atoms with van der Waals surface area (Å²) in [5, 5.41) is 0.370. The van der Waals surface area contributed by atoms with Crippen LogP contribution in [0.25, 0.3) is 0 Å². The van der Waals surface area contributed by atoms with Crippen molar-refractivity contribution in [2.45, 2.75) is 25.9 Å². The number of halogens is 2. The smallest absolute Gasteiger partial charge is 0.129 e. The van der Waals surface area contributed by atoms with Gasteiger partial charge in [0.15, 0.2) is 0 Å². The minimum atomic E-state index is -0.567. The van der Waals surface area contributed by atoms with Crippen molar-refractivity contribution < 1.29 is 4.39 Å². The molecule has 2 atom stereocenters. The number of rotatable bonds is 2. The van der Waals surface area contributed by atoms with E-state index in [-0.39, 0.29) is 6.04 Å². The fraction of sp³-hybridized carbons (Fsp3) is 0.400. The molecule has 0 amide bonds. The molecular formula is C10H14ClFN2. The molecule has 0 aliphatic rings. The van der Waals surface area contributed by atoms with Gasteiger partial charge in [-0.05, 0) is 25.5 Å². The summed E-state index contributed by atoms with van der Waals surface area (Å²) in [5.41, 5.74) is 12.5. The maximum absolute atomic E-state index is 13.4. The van der Waals surface area contributed by atoms with Gasteiger partial charge in [-0.25, -0.2) is 4.39 Å². The van der Waals surface area contributed by atoms with Crippen LogP contribution in [0, 0.1) is 12.7 Å². The van der Waals surface area contributed by atoms with Crippen LogP contribution >= 0.6 is 11.6 Å². The monoisotopic (exact) mass is 216 g/mol. The summed E-state index contributed by atoms with van der Waals surface area (Å²) in [7, 11) is 0. The molecule has 0 aromatic heterocycles. The molecule has 2 unspecified atom stereocenters. The molecule has 1 rings (SSSR count). The quantitative estimate of drug-likeness (QED) is 0.796. The average Bonchev–Trinajstić information content (AvgIpc) is 2.12. The number of hydrogen-bond acceptors (Lipinski definition) is 2. The van der Waals surface area contributed by atoms with Crippen molar-refractivity contribution in [1.29, 1.82) is 0 Å². The normalized spacial score (nSPS) is 15.3. The van der Waals surface area contributed by atoms with Crippen molar-refractivity contribution in [3.8, 4) is 0 Å². The first-order valence-corrected chi connectivity index (χ1v) is 4.78. The lowest BCUT2D eigenvalue weighted by atomic mass is 9.99. The van der Waals surface area contributed by atoms with Crippen LogP contribution in [0.4, 0.5) is 4.39 Å². The van der Waals surface area contributed by atoms with Gasteiger partial charge in [-0.1, -0.05) is 17.7 Å². The zero-order valence-corrected chi connectivity index (χ0v) is 8.98. The number of hydrogen-bond donors (Lipinski definition) is 2. The Kier molecular flexibility index (Phi) is 3.48. The van der Waals surface area contributed by atoms with Crippen molar-refractivity contribution in [3.05, 3.63) is 34.1 Å². The van der Waals surface area contributed by atoms with E-state index in [2.05, 4.69) is 0 Å². The summed E-state index contributed by atoms with van der Waals surface area (Å²) in [6, 6.07) is 2.08. The maximum Gasteiger partial charge on any atom is 0.129 e. The fourth-order valence-electron chi connectivity index (χ4n) is 1.25. The first-order chi connectivity index (χ1) is 6.45. The predicted octanol–water partition coefficient (Wildman–Crippen LogP) is 2.13. The third-order valence-electron chi connectivity index (χ3n) is 2.22. The molecule has 2 nitrogen and oxygen atoms in total. The van der Waals surface area contributed by atoms with E-state index in [0.29, 0.717) is 10.6 Å². The highest BCUT2D eigenvalue weighted by atomic mass is 35.5. The Labute approximate surface area is 88.0 Å². The number of benzene rings is 1. The van der Waals surface area contributed by atoms with Crippen LogP contribution < -0.4 is 11.5 Å². The van der Waals surface area contributed by atoms with Crippen LogP contribution in [0.2, 0.25) is 5.02 Å². The van der Waals surface area contributed by atoms with E-state index >= 15 is 0 Å². The third kappa shape index (κ3) is 2.05. The largest absolute Gasteiger partial charge is 0.326 e. The highest BCUT2D eigenvalue weighted by Gasteiger charge is 2.19. The summed E-state index contributed by atoms with van der Waals surface area (Å²) >= 11 is 5.96. The molecule has 0 saturated carbocycles. The third-order valence-corrected chi connectivity index (χ3v) is 2.72. The van der Waals surface area contributed by atoms with Crippen LogP contribution in [0.1, 0.15) is 24.1 Å². The minimum absolute atomic E-state index is 0.307. The van der Waals surface area contributed by atoms with Crippen molar-refractivity contribution >= 4 is 11.6 Å². The second-order valence-corrected chi connectivity index (χ2v) is 3.85. The van der Waals surface area contributed by atoms with E-state index in [1.807, 2.05) is 0 Å². The summed E-state index contributed by atoms with van der Waals surface area (Å²) < 4.78 is 13.4. The molecule has 14 heavy (non-hydrogen) atoms. The van der Waals surface area contributed by atoms with Gasteiger partial charge in [0.1, 0.15) is 5.82 Å². The summed E-state index contributed by atoms with van der Waals surface area (Å²) in [6.07, 6.45) is 0. The van der Waals surface area contributed by atoms with Gasteiger partial charge >= 0.3 is 0 Å². The van der Waals surface area contributed by atoms with E-state index in [0.717, 1.165) is 5.56 Å². The van der Waals surface area contributed by atoms with Crippen LogP contribution in [0.3, 0.4) is 0 Å². The zero-order valence-electron chi connectivity index (χ0n) is 8.22. The van der Waals surface area contributed by atoms with Crippen LogP contribution in [0.5, 0.6) is 0 Å². The molecule has 1 aromatic carbocycles. The van der Waals surface area contributed by atoms with E-state index in [9.17, 15) is 4.39 Å². The van der Waals surface area contributed by atoms with E-state index in [1.165, 1.54) is 6.07 Å². The minimum Gasteiger partial charge on any atom is -0.326 e. The lowest BCUT2D eigenvalue weighted by Crippen LogP contribution is -2.32. The Morgan fingerprint density at radius 1 is 1.36 bits per heavy atom. The Morgan fingerprint density at radius 2 is 1.93 bits per heavy atom. The molecule has 4 heteroatoms. The van der Waals surface area contributed by atoms with Gasteiger partial charge in [0.05, 0.1) is 5.02 Å². The molecule has 4 N–H and O–H groups in total. The first kappa shape index (κ1) is 11.4. The van der Waals surface area contributed by atoms with Gasteiger partial charge in [0.2, 0.25) is 0 Å². The lowest BCUT2D eigenvalue weighted by Gasteiger charge is -2.19. The summed E-state index contributed by atoms with van der Waals surface area (Å²) in [6.45, 7) is 3.53. The van der Waals surface area contributed by atoms with E-state index in [4.69, 9.17) is 23.1 Å². The zero-order chi connectivity index (χ0) is 10.9. The SMILES string of the molecule is Cc1ccc(F)c(C(N)C(C)N)c1Cl. The fourth-order valence-corrected chi connectivity index (χ4v) is 1.53. The molecule has 1 aromatic rings. The van der Waals surface area contributed by atoms with E-state index < -0.39 is 11.9 Å². The molecule has 78 valence electrons. The molecule has 0 heterocycles. The van der Waals surface area contributed by atoms with Gasteiger partial charge in [0.25, 0.3) is 0 Å². The van der Waals surface area contributed by atoms with Crippen LogP contribution in [-0.2, 0) is 0 Å². The molecule has 0 aliphatic heterocycles. The van der Waals surface area contributed by atoms with Gasteiger partial charge in [-0.15, -0.1) is 0 Å². The number of aryl methyl sites for hydroxylation is 1. The Bertz CT molecular complexity index is 339. The van der Waals surface area contributed by atoms with Crippen LogP contribution in [0.15, 0.2) is 12.1 Å². The number of nitrogens with two attached hydrogens (primary N) is 2. The molecule has 0 fully saturated rings. The van der Waals surface area contributed by atoms with Crippen molar-refractivity contribution in [2.24, 2.45) is 11.5 Å². The topological polar surface area (TPSA) is 52.0 Å². The average molecular weight is 217 g/mol. The van der Waals surface area contributed by atoms with Gasteiger partial charge in [-0.3, -0.25) is 0 Å². The van der Waals surface area contributed by atoms with Crippen molar-refractivity contribution in [2.75, 3.05) is 0 Å². The van der Waals surface area contributed by atoms with Gasteiger partial charge in [0, 0.05) is 17.6 Å². The van der Waals surface area contributed by atoms with Gasteiger partial charge < -0.3 is 11.5 Å². The van der Waals surface area contributed by atoms with Crippen LogP contribution in [-0.4, -0.2) is 6.04 Å². The lowest BCUT2D eigenvalue weighted by molar-refractivity contribution is 0.535. The van der Waals surface area contributed by atoms with Crippen molar-refractivity contribution in [1.82, 2.24) is 0 Å². The molecule has 0 bridgehead atoms. The molecule has 0 radical (unpaired) electrons. The van der Waals surface area contributed by atoms with E-state index in [1.54, 1.807) is 19.9 Å². The Morgan fingerprint density at radius 3 is 2.43 bits per heavy atom. The predicted molar refractivity (Wildman–Crippen MR) is 56.7 cm³/mol. The molecule has 0 spiro atoms. The summed E-state index contributed by atoms with van der Waals surface area (Å²) in [4.78, 5) is 0. The van der Waals surface area contributed by atoms with Gasteiger partial charge in [-0.2, -0.15) is 0 Å². The molecule has 0 aliphatic carbocycles. The van der Waals surface area contributed by atoms with Crippen molar-refractivity contribution in [3.63, 3.8) is 0 Å². The highest BCUT2D eigenvalue weighted by Crippen LogP contribution is 2.28. The first-order valence-electron chi connectivity index (χ1n) is 4.40. The Hall–Kier alpha value is -0.640.